The van der Waals surface area contributed by atoms with Crippen molar-refractivity contribution in [3.05, 3.63) is 12.2 Å². The third-order valence-corrected chi connectivity index (χ3v) is 1.95. The summed E-state index contributed by atoms with van der Waals surface area (Å²) in [7, 11) is 1.58. The molecule has 3 N–H and O–H groups in total. The molecule has 68 valence electrons. The van der Waals surface area contributed by atoms with Crippen LogP contribution in [0.1, 0.15) is 6.42 Å². The summed E-state index contributed by atoms with van der Waals surface area (Å²) in [5.41, 5.74) is 0. The molecule has 1 aliphatic carbocycles. The van der Waals surface area contributed by atoms with Crippen molar-refractivity contribution >= 4 is 6.03 Å². The maximum Gasteiger partial charge on any atom is 0.314 e. The number of aliphatic hydroxyl groups is 1. The van der Waals surface area contributed by atoms with Gasteiger partial charge in [0.25, 0.3) is 0 Å². The summed E-state index contributed by atoms with van der Waals surface area (Å²) in [6.07, 6.45) is 4.64. The van der Waals surface area contributed by atoms with E-state index >= 15 is 0 Å². The standard InChI is InChI=1S/C8H14N2O2/c1-9-8(12)10-7-3-2-6(4-7)5-11/h2-3,6-7,11H,4-5H2,1H3,(H2,9,10,12)/t6-,7+/m1/s1. The van der Waals surface area contributed by atoms with E-state index in [1.54, 1.807) is 7.05 Å². The number of amides is 2. The van der Waals surface area contributed by atoms with Crippen molar-refractivity contribution in [2.24, 2.45) is 5.92 Å². The Hall–Kier alpha value is -1.03. The molecule has 0 unspecified atom stereocenters. The molecule has 1 rings (SSSR count). The average molecular weight is 170 g/mol. The zero-order chi connectivity index (χ0) is 8.97. The largest absolute Gasteiger partial charge is 0.396 e. The fourth-order valence-electron chi connectivity index (χ4n) is 1.26. The van der Waals surface area contributed by atoms with Crippen LogP contribution in [0.15, 0.2) is 12.2 Å². The van der Waals surface area contributed by atoms with Crippen LogP contribution in [-0.4, -0.2) is 30.8 Å². The highest BCUT2D eigenvalue weighted by Crippen LogP contribution is 2.16. The number of urea groups is 1. The number of hydrogen-bond acceptors (Lipinski definition) is 2. The minimum absolute atomic E-state index is 0.0714. The Balaban J connectivity index is 2.29. The van der Waals surface area contributed by atoms with Crippen LogP contribution in [0.5, 0.6) is 0 Å². The summed E-state index contributed by atoms with van der Waals surface area (Å²) in [4.78, 5) is 10.8. The molecule has 0 saturated carbocycles. The molecule has 0 spiro atoms. The molecule has 0 heterocycles. The Morgan fingerprint density at radius 2 is 2.42 bits per heavy atom. The van der Waals surface area contributed by atoms with Gasteiger partial charge in [0.15, 0.2) is 0 Å². The highest BCUT2D eigenvalue weighted by Gasteiger charge is 2.18. The molecule has 4 heteroatoms. The molecule has 0 fully saturated rings. The van der Waals surface area contributed by atoms with Crippen LogP contribution in [0.2, 0.25) is 0 Å². The molecule has 2 atom stereocenters. The minimum atomic E-state index is -0.178. The highest BCUT2D eigenvalue weighted by atomic mass is 16.3. The first-order valence-electron chi connectivity index (χ1n) is 4.03. The van der Waals surface area contributed by atoms with Gasteiger partial charge in [0, 0.05) is 25.6 Å². The molecule has 0 saturated heterocycles. The van der Waals surface area contributed by atoms with Crippen LogP contribution in [-0.2, 0) is 0 Å². The smallest absolute Gasteiger partial charge is 0.314 e. The Morgan fingerprint density at radius 3 is 2.92 bits per heavy atom. The van der Waals surface area contributed by atoms with Gasteiger partial charge >= 0.3 is 6.03 Å². The molecular formula is C8H14N2O2. The van der Waals surface area contributed by atoms with E-state index < -0.39 is 0 Å². The fraction of sp³-hybridized carbons (Fsp3) is 0.625. The molecular weight excluding hydrogens is 156 g/mol. The van der Waals surface area contributed by atoms with Crippen LogP contribution in [0, 0.1) is 5.92 Å². The summed E-state index contributed by atoms with van der Waals surface area (Å²) < 4.78 is 0. The van der Waals surface area contributed by atoms with Gasteiger partial charge in [-0.25, -0.2) is 4.79 Å². The van der Waals surface area contributed by atoms with Gasteiger partial charge in [0.05, 0.1) is 0 Å². The summed E-state index contributed by atoms with van der Waals surface area (Å²) in [6.45, 7) is 0.155. The van der Waals surface area contributed by atoms with E-state index in [2.05, 4.69) is 10.6 Å². The third kappa shape index (κ3) is 2.23. The van der Waals surface area contributed by atoms with Crippen LogP contribution in [0.25, 0.3) is 0 Å². The first kappa shape index (κ1) is 9.06. The topological polar surface area (TPSA) is 61.4 Å². The number of carbonyl (C=O) groups is 1. The number of rotatable bonds is 2. The van der Waals surface area contributed by atoms with Gasteiger partial charge in [0.1, 0.15) is 0 Å². The van der Waals surface area contributed by atoms with Gasteiger partial charge in [-0.3, -0.25) is 0 Å². The first-order chi connectivity index (χ1) is 5.76. The Bertz CT molecular complexity index is 191. The molecule has 0 bridgehead atoms. The number of nitrogens with one attached hydrogen (secondary N) is 2. The van der Waals surface area contributed by atoms with Crippen molar-refractivity contribution in [2.45, 2.75) is 12.5 Å². The molecule has 1 aliphatic rings. The molecule has 0 aromatic carbocycles. The molecule has 0 radical (unpaired) electrons. The summed E-state index contributed by atoms with van der Waals surface area (Å²) in [5.74, 6) is 0.201. The number of carbonyl (C=O) groups excluding carboxylic acids is 1. The van der Waals surface area contributed by atoms with Crippen LogP contribution in [0.4, 0.5) is 4.79 Å². The van der Waals surface area contributed by atoms with E-state index in [1.807, 2.05) is 12.2 Å². The predicted molar refractivity (Wildman–Crippen MR) is 45.7 cm³/mol. The zero-order valence-corrected chi connectivity index (χ0v) is 7.08. The summed E-state index contributed by atoms with van der Waals surface area (Å²) in [5, 5.41) is 14.0. The first-order valence-corrected chi connectivity index (χ1v) is 4.03. The lowest BCUT2D eigenvalue weighted by Gasteiger charge is -2.11. The lowest BCUT2D eigenvalue weighted by Crippen LogP contribution is -2.39. The average Bonchev–Trinajstić information content (AvgIpc) is 2.52. The second-order valence-electron chi connectivity index (χ2n) is 2.89. The molecule has 0 aliphatic heterocycles. The monoisotopic (exact) mass is 170 g/mol. The normalized spacial score (nSPS) is 27.2. The lowest BCUT2D eigenvalue weighted by molar-refractivity contribution is 0.233. The van der Waals surface area contributed by atoms with Gasteiger partial charge in [-0.2, -0.15) is 0 Å². The van der Waals surface area contributed by atoms with Crippen LogP contribution < -0.4 is 10.6 Å². The second kappa shape index (κ2) is 4.11. The zero-order valence-electron chi connectivity index (χ0n) is 7.08. The maximum atomic E-state index is 10.8. The van der Waals surface area contributed by atoms with E-state index in [0.29, 0.717) is 0 Å². The molecule has 2 amide bonds. The maximum absolute atomic E-state index is 10.8. The summed E-state index contributed by atoms with van der Waals surface area (Å²) in [6, 6.07) is -0.106. The van der Waals surface area contributed by atoms with Crippen LogP contribution >= 0.6 is 0 Å². The Morgan fingerprint density at radius 1 is 1.67 bits per heavy atom. The van der Waals surface area contributed by atoms with Gasteiger partial charge in [-0.1, -0.05) is 12.2 Å². The van der Waals surface area contributed by atoms with Crippen molar-refractivity contribution in [3.8, 4) is 0 Å². The second-order valence-corrected chi connectivity index (χ2v) is 2.89. The van der Waals surface area contributed by atoms with Crippen molar-refractivity contribution < 1.29 is 9.90 Å². The fourth-order valence-corrected chi connectivity index (χ4v) is 1.26. The van der Waals surface area contributed by atoms with Gasteiger partial charge in [0.2, 0.25) is 0 Å². The molecule has 4 nitrogen and oxygen atoms in total. The van der Waals surface area contributed by atoms with Crippen molar-refractivity contribution in [2.75, 3.05) is 13.7 Å². The Labute approximate surface area is 71.7 Å². The van der Waals surface area contributed by atoms with E-state index in [1.165, 1.54) is 0 Å². The SMILES string of the molecule is CNC(=O)N[C@H]1C=C[C@@H](CO)C1. The predicted octanol–water partition coefficient (Wildman–Crippen LogP) is -0.148. The van der Waals surface area contributed by atoms with Gasteiger partial charge in [-0.15, -0.1) is 0 Å². The van der Waals surface area contributed by atoms with Gasteiger partial charge < -0.3 is 15.7 Å². The van der Waals surface area contributed by atoms with Crippen molar-refractivity contribution in [1.29, 1.82) is 0 Å². The van der Waals surface area contributed by atoms with Crippen molar-refractivity contribution in [3.63, 3.8) is 0 Å². The minimum Gasteiger partial charge on any atom is -0.396 e. The van der Waals surface area contributed by atoms with Crippen LogP contribution in [0.3, 0.4) is 0 Å². The van der Waals surface area contributed by atoms with E-state index in [9.17, 15) is 4.79 Å². The third-order valence-electron chi connectivity index (χ3n) is 1.95. The number of aliphatic hydroxyl groups excluding tert-OH is 1. The molecule has 0 aromatic heterocycles. The highest BCUT2D eigenvalue weighted by molar-refractivity contribution is 5.74. The molecule has 12 heavy (non-hydrogen) atoms. The van der Waals surface area contributed by atoms with Crippen molar-refractivity contribution in [1.82, 2.24) is 10.6 Å². The van der Waals surface area contributed by atoms with E-state index in [0.717, 1.165) is 6.42 Å². The molecule has 0 aromatic rings. The van der Waals surface area contributed by atoms with Gasteiger partial charge in [-0.05, 0) is 6.42 Å². The summed E-state index contributed by atoms with van der Waals surface area (Å²) >= 11 is 0. The lowest BCUT2D eigenvalue weighted by atomic mass is 10.1. The number of hydrogen-bond donors (Lipinski definition) is 3. The van der Waals surface area contributed by atoms with E-state index in [4.69, 9.17) is 5.11 Å². The van der Waals surface area contributed by atoms with E-state index in [-0.39, 0.29) is 24.6 Å². The quantitative estimate of drug-likeness (QED) is 0.505. The Kier molecular flexibility index (Phi) is 3.10.